The highest BCUT2D eigenvalue weighted by Crippen LogP contribution is 2.30. The first-order valence-corrected chi connectivity index (χ1v) is 6.60. The maximum atomic E-state index is 13.1. The van der Waals surface area contributed by atoms with Crippen LogP contribution in [-0.2, 0) is 13.5 Å². The molecule has 0 saturated heterocycles. The van der Waals surface area contributed by atoms with Gasteiger partial charge in [0.2, 0.25) is 5.88 Å². The molecule has 0 bridgehead atoms. The molecule has 1 aromatic heterocycles. The molecule has 0 spiro atoms. The summed E-state index contributed by atoms with van der Waals surface area (Å²) in [4.78, 5) is 0. The topological polar surface area (TPSA) is 53.1 Å². The van der Waals surface area contributed by atoms with Gasteiger partial charge in [-0.1, -0.05) is 0 Å². The second kappa shape index (κ2) is 5.63. The van der Waals surface area contributed by atoms with E-state index in [4.69, 9.17) is 10.5 Å². The summed E-state index contributed by atoms with van der Waals surface area (Å²) >= 11 is 0. The van der Waals surface area contributed by atoms with Crippen LogP contribution in [0.15, 0.2) is 18.2 Å². The van der Waals surface area contributed by atoms with E-state index in [0.29, 0.717) is 18.1 Å². The van der Waals surface area contributed by atoms with Crippen LogP contribution >= 0.6 is 0 Å². The van der Waals surface area contributed by atoms with Gasteiger partial charge in [-0.2, -0.15) is 5.10 Å². The van der Waals surface area contributed by atoms with Gasteiger partial charge in [-0.05, 0) is 51.0 Å². The standard InChI is InChI=1S/C15H20FN3O/c1-9-7-12(16)5-6-14(9)20-15-13(8-10(2)17)11(3)18-19(15)4/h5-7,10H,8,17H2,1-4H3. The van der Waals surface area contributed by atoms with Crippen LogP contribution in [0.25, 0.3) is 0 Å². The van der Waals surface area contributed by atoms with E-state index in [1.54, 1.807) is 10.7 Å². The van der Waals surface area contributed by atoms with Gasteiger partial charge in [0, 0.05) is 18.7 Å². The first kappa shape index (κ1) is 14.5. The number of hydrogen-bond acceptors (Lipinski definition) is 3. The SMILES string of the molecule is Cc1cc(F)ccc1Oc1c(CC(C)N)c(C)nn1C. The number of nitrogens with two attached hydrogens (primary N) is 1. The molecule has 0 fully saturated rings. The molecule has 1 aromatic carbocycles. The van der Waals surface area contributed by atoms with E-state index < -0.39 is 0 Å². The molecular weight excluding hydrogens is 257 g/mol. The predicted octanol–water partition coefficient (Wildman–Crippen LogP) is 2.86. The lowest BCUT2D eigenvalue weighted by atomic mass is 10.1. The molecular formula is C15H20FN3O. The molecule has 0 radical (unpaired) electrons. The smallest absolute Gasteiger partial charge is 0.221 e. The highest BCUT2D eigenvalue weighted by Gasteiger charge is 2.17. The number of halogens is 1. The third kappa shape index (κ3) is 2.99. The molecule has 108 valence electrons. The number of aryl methyl sites for hydroxylation is 3. The molecule has 2 rings (SSSR count). The number of ether oxygens (including phenoxy) is 1. The average Bonchev–Trinajstić information content (AvgIpc) is 2.58. The second-order valence-electron chi connectivity index (χ2n) is 5.19. The van der Waals surface area contributed by atoms with Crippen molar-refractivity contribution in [2.75, 3.05) is 0 Å². The Morgan fingerprint density at radius 3 is 2.70 bits per heavy atom. The molecule has 1 unspecified atom stereocenters. The quantitative estimate of drug-likeness (QED) is 0.935. The first-order valence-electron chi connectivity index (χ1n) is 6.60. The molecule has 4 nitrogen and oxygen atoms in total. The Bertz CT molecular complexity index is 620. The molecule has 1 atom stereocenters. The van der Waals surface area contributed by atoms with Crippen LogP contribution in [0, 0.1) is 19.7 Å². The van der Waals surface area contributed by atoms with Gasteiger partial charge < -0.3 is 10.5 Å². The third-order valence-corrected chi connectivity index (χ3v) is 3.16. The Kier molecular flexibility index (Phi) is 4.09. The molecule has 2 N–H and O–H groups in total. The van der Waals surface area contributed by atoms with Crippen LogP contribution in [0.3, 0.4) is 0 Å². The van der Waals surface area contributed by atoms with Crippen molar-refractivity contribution < 1.29 is 9.13 Å². The van der Waals surface area contributed by atoms with Crippen LogP contribution in [0.5, 0.6) is 11.6 Å². The van der Waals surface area contributed by atoms with Crippen molar-refractivity contribution in [3.05, 3.63) is 40.8 Å². The third-order valence-electron chi connectivity index (χ3n) is 3.16. The van der Waals surface area contributed by atoms with Crippen LogP contribution < -0.4 is 10.5 Å². The Balaban J connectivity index is 2.37. The van der Waals surface area contributed by atoms with E-state index in [0.717, 1.165) is 16.8 Å². The minimum absolute atomic E-state index is 0.0227. The largest absolute Gasteiger partial charge is 0.439 e. The fourth-order valence-corrected chi connectivity index (χ4v) is 2.20. The lowest BCUT2D eigenvalue weighted by molar-refractivity contribution is 0.420. The van der Waals surface area contributed by atoms with Gasteiger partial charge in [0.15, 0.2) is 0 Å². The number of rotatable bonds is 4. The maximum absolute atomic E-state index is 13.1. The summed E-state index contributed by atoms with van der Waals surface area (Å²) in [5, 5.41) is 4.37. The Morgan fingerprint density at radius 1 is 1.40 bits per heavy atom. The fraction of sp³-hybridized carbons (Fsp3) is 0.400. The van der Waals surface area contributed by atoms with E-state index in [1.807, 2.05) is 27.8 Å². The zero-order valence-electron chi connectivity index (χ0n) is 12.3. The Hall–Kier alpha value is -1.88. The van der Waals surface area contributed by atoms with Crippen molar-refractivity contribution in [3.63, 3.8) is 0 Å². The van der Waals surface area contributed by atoms with Gasteiger partial charge in [0.1, 0.15) is 11.6 Å². The first-order chi connectivity index (χ1) is 9.38. The summed E-state index contributed by atoms with van der Waals surface area (Å²) in [7, 11) is 1.83. The predicted molar refractivity (Wildman–Crippen MR) is 76.5 cm³/mol. The minimum atomic E-state index is -0.271. The van der Waals surface area contributed by atoms with Gasteiger partial charge in [0.25, 0.3) is 0 Å². The van der Waals surface area contributed by atoms with Gasteiger partial charge in [-0.3, -0.25) is 0 Å². The zero-order chi connectivity index (χ0) is 14.9. The maximum Gasteiger partial charge on any atom is 0.221 e. The van der Waals surface area contributed by atoms with E-state index in [1.165, 1.54) is 12.1 Å². The molecule has 0 aliphatic carbocycles. The molecule has 20 heavy (non-hydrogen) atoms. The minimum Gasteiger partial charge on any atom is -0.439 e. The van der Waals surface area contributed by atoms with Crippen LogP contribution in [0.4, 0.5) is 4.39 Å². The van der Waals surface area contributed by atoms with E-state index in [2.05, 4.69) is 5.10 Å². The molecule has 0 amide bonds. The summed E-state index contributed by atoms with van der Waals surface area (Å²) in [6.07, 6.45) is 0.690. The normalized spacial score (nSPS) is 12.5. The number of aromatic nitrogens is 2. The highest BCUT2D eigenvalue weighted by atomic mass is 19.1. The summed E-state index contributed by atoms with van der Waals surface area (Å²) in [6.45, 7) is 5.69. The lowest BCUT2D eigenvalue weighted by Gasteiger charge is -2.12. The van der Waals surface area contributed by atoms with Crippen molar-refractivity contribution in [1.29, 1.82) is 0 Å². The highest BCUT2D eigenvalue weighted by molar-refractivity contribution is 5.39. The molecule has 0 aliphatic heterocycles. The van der Waals surface area contributed by atoms with Gasteiger partial charge >= 0.3 is 0 Å². The van der Waals surface area contributed by atoms with Gasteiger partial charge in [-0.25, -0.2) is 9.07 Å². The Morgan fingerprint density at radius 2 is 2.10 bits per heavy atom. The van der Waals surface area contributed by atoms with E-state index in [9.17, 15) is 4.39 Å². The summed E-state index contributed by atoms with van der Waals surface area (Å²) in [5.74, 6) is 1.02. The van der Waals surface area contributed by atoms with E-state index in [-0.39, 0.29) is 11.9 Å². The van der Waals surface area contributed by atoms with Crippen molar-refractivity contribution >= 4 is 0 Å². The molecule has 5 heteroatoms. The number of benzene rings is 1. The molecule has 2 aromatic rings. The van der Waals surface area contributed by atoms with Gasteiger partial charge in [-0.15, -0.1) is 0 Å². The average molecular weight is 277 g/mol. The van der Waals surface area contributed by atoms with Crippen LogP contribution in [0.1, 0.15) is 23.7 Å². The molecule has 0 aliphatic rings. The Labute approximate surface area is 118 Å². The van der Waals surface area contributed by atoms with E-state index >= 15 is 0 Å². The number of nitrogens with zero attached hydrogens (tertiary/aromatic N) is 2. The van der Waals surface area contributed by atoms with Crippen LogP contribution in [0.2, 0.25) is 0 Å². The van der Waals surface area contributed by atoms with Crippen molar-refractivity contribution in [1.82, 2.24) is 9.78 Å². The molecule has 0 saturated carbocycles. The van der Waals surface area contributed by atoms with Crippen molar-refractivity contribution in [2.24, 2.45) is 12.8 Å². The molecule has 1 heterocycles. The number of hydrogen-bond donors (Lipinski definition) is 1. The van der Waals surface area contributed by atoms with Crippen molar-refractivity contribution in [2.45, 2.75) is 33.2 Å². The van der Waals surface area contributed by atoms with Crippen LogP contribution in [-0.4, -0.2) is 15.8 Å². The summed E-state index contributed by atoms with van der Waals surface area (Å²) in [6, 6.07) is 4.48. The fourth-order valence-electron chi connectivity index (χ4n) is 2.20. The van der Waals surface area contributed by atoms with Crippen molar-refractivity contribution in [3.8, 4) is 11.6 Å². The zero-order valence-corrected chi connectivity index (χ0v) is 12.3. The lowest BCUT2D eigenvalue weighted by Crippen LogP contribution is -2.18. The summed E-state index contributed by atoms with van der Waals surface area (Å²) in [5.41, 5.74) is 8.51. The summed E-state index contributed by atoms with van der Waals surface area (Å²) < 4.78 is 20.7. The monoisotopic (exact) mass is 277 g/mol. The second-order valence-corrected chi connectivity index (χ2v) is 5.19. The van der Waals surface area contributed by atoms with Gasteiger partial charge in [0.05, 0.1) is 5.69 Å².